The zero-order valence-corrected chi connectivity index (χ0v) is 19.3. The molecule has 0 unspecified atom stereocenters. The summed E-state index contributed by atoms with van der Waals surface area (Å²) in [6, 6.07) is 7.86. The van der Waals surface area contributed by atoms with Gasteiger partial charge in [-0.15, -0.1) is 0 Å². The lowest BCUT2D eigenvalue weighted by atomic mass is 10.0. The van der Waals surface area contributed by atoms with E-state index in [-0.39, 0.29) is 5.57 Å². The molecule has 8 heteroatoms. The van der Waals surface area contributed by atoms with E-state index in [0.717, 1.165) is 16.0 Å². The van der Waals surface area contributed by atoms with Gasteiger partial charge < -0.3 is 9.47 Å². The number of hydrogen-bond acceptors (Lipinski definition) is 5. The Morgan fingerprint density at radius 3 is 2.35 bits per heavy atom. The van der Waals surface area contributed by atoms with Crippen LogP contribution in [0.3, 0.4) is 0 Å². The number of nitrogens with one attached hydrogen (secondary N) is 1. The van der Waals surface area contributed by atoms with Gasteiger partial charge in [-0.05, 0) is 90.7 Å². The van der Waals surface area contributed by atoms with Crippen LogP contribution in [0, 0.1) is 13.8 Å². The fourth-order valence-corrected chi connectivity index (χ4v) is 3.72. The van der Waals surface area contributed by atoms with Crippen LogP contribution in [0.5, 0.6) is 11.5 Å². The standard InChI is InChI=1S/C23H23BrN2O5/c1-5-30-19-12-15(11-18(24)20(19)31-6-2)10-17-21(27)25-23(29)26(22(17)28)16-8-7-13(3)14(4)9-16/h7-12H,5-6H2,1-4H3,(H,25,27,29)/b17-10+. The average molecular weight is 487 g/mol. The number of urea groups is 1. The van der Waals surface area contributed by atoms with Crippen LogP contribution in [-0.2, 0) is 9.59 Å². The highest BCUT2D eigenvalue weighted by molar-refractivity contribution is 9.10. The molecule has 1 aliphatic heterocycles. The molecule has 1 aliphatic rings. The van der Waals surface area contributed by atoms with Gasteiger partial charge in [0, 0.05) is 0 Å². The number of halogens is 1. The Kier molecular flexibility index (Phi) is 6.80. The van der Waals surface area contributed by atoms with Gasteiger partial charge in [0.1, 0.15) is 5.57 Å². The minimum Gasteiger partial charge on any atom is -0.490 e. The monoisotopic (exact) mass is 486 g/mol. The molecule has 1 heterocycles. The van der Waals surface area contributed by atoms with E-state index in [0.29, 0.717) is 40.4 Å². The van der Waals surface area contributed by atoms with Crippen molar-refractivity contribution in [2.45, 2.75) is 27.7 Å². The molecule has 0 radical (unpaired) electrons. The van der Waals surface area contributed by atoms with Crippen LogP contribution in [0.15, 0.2) is 40.4 Å². The van der Waals surface area contributed by atoms with Crippen molar-refractivity contribution < 1.29 is 23.9 Å². The van der Waals surface area contributed by atoms with Crippen molar-refractivity contribution in [1.29, 1.82) is 0 Å². The second-order valence-electron chi connectivity index (χ2n) is 6.92. The van der Waals surface area contributed by atoms with Gasteiger partial charge in [-0.2, -0.15) is 0 Å². The molecule has 0 saturated carbocycles. The number of hydrogen-bond donors (Lipinski definition) is 1. The molecule has 0 atom stereocenters. The molecule has 31 heavy (non-hydrogen) atoms. The molecular weight excluding hydrogens is 464 g/mol. The van der Waals surface area contributed by atoms with Gasteiger partial charge in [0.2, 0.25) is 0 Å². The molecule has 0 bridgehead atoms. The fraction of sp³-hybridized carbons (Fsp3) is 0.261. The van der Waals surface area contributed by atoms with Crippen LogP contribution >= 0.6 is 15.9 Å². The number of rotatable bonds is 6. The van der Waals surface area contributed by atoms with Crippen LogP contribution in [0.2, 0.25) is 0 Å². The summed E-state index contributed by atoms with van der Waals surface area (Å²) in [5.41, 5.74) is 2.75. The number of benzene rings is 2. The van der Waals surface area contributed by atoms with Crippen LogP contribution < -0.4 is 19.7 Å². The highest BCUT2D eigenvalue weighted by Gasteiger charge is 2.37. The van der Waals surface area contributed by atoms with E-state index in [4.69, 9.17) is 9.47 Å². The first kappa shape index (κ1) is 22.6. The van der Waals surface area contributed by atoms with Crippen molar-refractivity contribution in [3.05, 3.63) is 57.1 Å². The number of ether oxygens (including phenoxy) is 2. The summed E-state index contributed by atoms with van der Waals surface area (Å²) in [7, 11) is 0. The van der Waals surface area contributed by atoms with Crippen molar-refractivity contribution in [1.82, 2.24) is 5.32 Å². The van der Waals surface area contributed by atoms with Gasteiger partial charge in [-0.1, -0.05) is 6.07 Å². The van der Waals surface area contributed by atoms with E-state index in [1.54, 1.807) is 24.3 Å². The SMILES string of the molecule is CCOc1cc(/C=C2\C(=O)NC(=O)N(c3ccc(C)c(C)c3)C2=O)cc(Br)c1OCC. The number of nitrogens with zero attached hydrogens (tertiary/aromatic N) is 1. The van der Waals surface area contributed by atoms with E-state index in [2.05, 4.69) is 21.2 Å². The summed E-state index contributed by atoms with van der Waals surface area (Å²) in [5.74, 6) is -0.424. The van der Waals surface area contributed by atoms with E-state index in [1.807, 2.05) is 33.8 Å². The molecule has 3 rings (SSSR count). The Morgan fingerprint density at radius 1 is 1.00 bits per heavy atom. The lowest BCUT2D eigenvalue weighted by molar-refractivity contribution is -0.122. The third-order valence-corrected chi connectivity index (χ3v) is 5.37. The average Bonchev–Trinajstić information content (AvgIpc) is 2.70. The predicted octanol–water partition coefficient (Wildman–Crippen LogP) is 4.53. The number of barbiturate groups is 1. The third kappa shape index (κ3) is 4.64. The minimum absolute atomic E-state index is 0.156. The summed E-state index contributed by atoms with van der Waals surface area (Å²) in [6.07, 6.45) is 1.43. The molecule has 1 saturated heterocycles. The number of carbonyl (C=O) groups is 3. The van der Waals surface area contributed by atoms with E-state index >= 15 is 0 Å². The van der Waals surface area contributed by atoms with E-state index in [1.165, 1.54) is 6.08 Å². The smallest absolute Gasteiger partial charge is 0.335 e. The summed E-state index contributed by atoms with van der Waals surface area (Å²) in [4.78, 5) is 39.0. The van der Waals surface area contributed by atoms with Crippen LogP contribution in [0.25, 0.3) is 6.08 Å². The Balaban J connectivity index is 2.04. The Hall–Kier alpha value is -3.13. The van der Waals surface area contributed by atoms with Crippen LogP contribution in [-0.4, -0.2) is 31.1 Å². The fourth-order valence-electron chi connectivity index (χ4n) is 3.14. The number of carbonyl (C=O) groups excluding carboxylic acids is 3. The highest BCUT2D eigenvalue weighted by atomic mass is 79.9. The van der Waals surface area contributed by atoms with Crippen molar-refractivity contribution in [2.75, 3.05) is 18.1 Å². The molecule has 2 aromatic carbocycles. The second-order valence-corrected chi connectivity index (χ2v) is 7.78. The maximum absolute atomic E-state index is 13.1. The molecule has 4 amide bonds. The molecule has 1 N–H and O–H groups in total. The van der Waals surface area contributed by atoms with Crippen molar-refractivity contribution in [3.63, 3.8) is 0 Å². The van der Waals surface area contributed by atoms with Gasteiger partial charge in [-0.3, -0.25) is 14.9 Å². The van der Waals surface area contributed by atoms with Gasteiger partial charge in [-0.25, -0.2) is 9.69 Å². The molecule has 0 spiro atoms. The number of anilines is 1. The van der Waals surface area contributed by atoms with E-state index < -0.39 is 17.8 Å². The Bertz CT molecular complexity index is 1090. The zero-order chi connectivity index (χ0) is 22.7. The molecule has 7 nitrogen and oxygen atoms in total. The summed E-state index contributed by atoms with van der Waals surface area (Å²) < 4.78 is 11.9. The zero-order valence-electron chi connectivity index (χ0n) is 17.7. The summed E-state index contributed by atoms with van der Waals surface area (Å²) >= 11 is 3.45. The lowest BCUT2D eigenvalue weighted by Gasteiger charge is -2.27. The van der Waals surface area contributed by atoms with Crippen molar-refractivity contribution in [2.24, 2.45) is 0 Å². The second kappa shape index (κ2) is 9.34. The minimum atomic E-state index is -0.779. The quantitative estimate of drug-likeness (QED) is 0.478. The summed E-state index contributed by atoms with van der Waals surface area (Å²) in [6.45, 7) is 8.40. The molecular formula is C23H23BrN2O5. The molecule has 0 aromatic heterocycles. The first-order valence-electron chi connectivity index (χ1n) is 9.84. The molecule has 2 aromatic rings. The Labute approximate surface area is 189 Å². The lowest BCUT2D eigenvalue weighted by Crippen LogP contribution is -2.54. The first-order valence-corrected chi connectivity index (χ1v) is 10.6. The predicted molar refractivity (Wildman–Crippen MR) is 121 cm³/mol. The highest BCUT2D eigenvalue weighted by Crippen LogP contribution is 2.37. The van der Waals surface area contributed by atoms with Gasteiger partial charge in [0.15, 0.2) is 11.5 Å². The number of amides is 4. The van der Waals surface area contributed by atoms with E-state index in [9.17, 15) is 14.4 Å². The van der Waals surface area contributed by atoms with Crippen molar-refractivity contribution in [3.8, 4) is 11.5 Å². The Morgan fingerprint density at radius 2 is 1.71 bits per heavy atom. The maximum Gasteiger partial charge on any atom is 0.335 e. The van der Waals surface area contributed by atoms with Gasteiger partial charge >= 0.3 is 6.03 Å². The number of imide groups is 2. The van der Waals surface area contributed by atoms with Crippen molar-refractivity contribution >= 4 is 45.5 Å². The molecule has 0 aliphatic carbocycles. The third-order valence-electron chi connectivity index (χ3n) is 4.78. The van der Waals surface area contributed by atoms with Gasteiger partial charge in [0.05, 0.1) is 23.4 Å². The normalized spacial score (nSPS) is 15.3. The largest absolute Gasteiger partial charge is 0.490 e. The first-order chi connectivity index (χ1) is 14.8. The molecule has 1 fully saturated rings. The summed E-state index contributed by atoms with van der Waals surface area (Å²) in [5, 5.41) is 2.24. The molecule has 162 valence electrons. The van der Waals surface area contributed by atoms with Crippen LogP contribution in [0.1, 0.15) is 30.5 Å². The number of aryl methyl sites for hydroxylation is 2. The maximum atomic E-state index is 13.1. The topological polar surface area (TPSA) is 84.9 Å². The van der Waals surface area contributed by atoms with Crippen LogP contribution in [0.4, 0.5) is 10.5 Å². The van der Waals surface area contributed by atoms with Gasteiger partial charge in [0.25, 0.3) is 11.8 Å².